The Morgan fingerprint density at radius 1 is 0.562 bits per heavy atom. The van der Waals surface area contributed by atoms with E-state index in [4.69, 9.17) is 23.2 Å². The molecule has 0 nitrogen and oxygen atoms in total. The zero-order chi connectivity index (χ0) is 11.4. The number of alkyl halides is 2. The van der Waals surface area contributed by atoms with E-state index in [1.807, 2.05) is 60.7 Å². The molecule has 0 saturated carbocycles. The number of hydrogen-bond acceptors (Lipinski definition) is 0. The van der Waals surface area contributed by atoms with Crippen molar-refractivity contribution in [3.8, 4) is 0 Å². The molecule has 2 heteroatoms. The van der Waals surface area contributed by atoms with E-state index in [2.05, 4.69) is 0 Å². The summed E-state index contributed by atoms with van der Waals surface area (Å²) in [4.78, 5) is 0. The van der Waals surface area contributed by atoms with Crippen LogP contribution in [0.25, 0.3) is 0 Å². The molecule has 82 valence electrons. The lowest BCUT2D eigenvalue weighted by molar-refractivity contribution is 0.882. The average molecular weight is 251 g/mol. The van der Waals surface area contributed by atoms with E-state index in [0.29, 0.717) is 0 Å². The minimum atomic E-state index is -0.203. The Bertz CT molecular complexity index is 382. The predicted molar refractivity (Wildman–Crippen MR) is 70.1 cm³/mol. The molecule has 0 bridgehead atoms. The largest absolute Gasteiger partial charge is 0.116 e. The van der Waals surface area contributed by atoms with Crippen LogP contribution >= 0.6 is 23.2 Å². The van der Waals surface area contributed by atoms with Crippen LogP contribution in [0, 0.1) is 0 Å². The van der Waals surface area contributed by atoms with Gasteiger partial charge in [-0.25, -0.2) is 0 Å². The standard InChI is InChI=1S/C14H12Cl2/c15-13(11-7-3-1-4-8-11)14(16)12-9-5-2-6-10-12/h1-10,13-14H/t13-,14-/m0/s1. The number of benzene rings is 2. The fourth-order valence-electron chi connectivity index (χ4n) is 1.61. The van der Waals surface area contributed by atoms with Crippen LogP contribution in [-0.2, 0) is 0 Å². The quantitative estimate of drug-likeness (QED) is 0.677. The number of hydrogen-bond donors (Lipinski definition) is 0. The zero-order valence-corrected chi connectivity index (χ0v) is 10.2. The van der Waals surface area contributed by atoms with Crippen LogP contribution in [-0.4, -0.2) is 0 Å². The molecule has 0 N–H and O–H groups in total. The van der Waals surface area contributed by atoms with Gasteiger partial charge in [0.15, 0.2) is 0 Å². The van der Waals surface area contributed by atoms with Crippen LogP contribution < -0.4 is 0 Å². The second-order valence-electron chi connectivity index (χ2n) is 3.62. The first kappa shape index (κ1) is 11.5. The lowest BCUT2D eigenvalue weighted by atomic mass is 10.0. The Kier molecular flexibility index (Phi) is 3.87. The third-order valence-corrected chi connectivity index (χ3v) is 3.63. The minimum Gasteiger partial charge on any atom is -0.116 e. The molecule has 0 saturated heterocycles. The van der Waals surface area contributed by atoms with Crippen molar-refractivity contribution in [2.24, 2.45) is 0 Å². The molecule has 2 atom stereocenters. The highest BCUT2D eigenvalue weighted by Gasteiger charge is 2.19. The molecular weight excluding hydrogens is 239 g/mol. The minimum absolute atomic E-state index is 0.203. The Morgan fingerprint density at radius 2 is 0.875 bits per heavy atom. The lowest BCUT2D eigenvalue weighted by Gasteiger charge is -2.16. The van der Waals surface area contributed by atoms with Gasteiger partial charge in [-0.2, -0.15) is 0 Å². The van der Waals surface area contributed by atoms with E-state index in [1.54, 1.807) is 0 Å². The fraction of sp³-hybridized carbons (Fsp3) is 0.143. The maximum absolute atomic E-state index is 6.36. The lowest BCUT2D eigenvalue weighted by Crippen LogP contribution is -1.99. The first-order valence-electron chi connectivity index (χ1n) is 5.17. The van der Waals surface area contributed by atoms with Crippen molar-refractivity contribution < 1.29 is 0 Å². The van der Waals surface area contributed by atoms with Crippen molar-refractivity contribution in [3.05, 3.63) is 71.8 Å². The number of rotatable bonds is 3. The first-order valence-corrected chi connectivity index (χ1v) is 6.04. The van der Waals surface area contributed by atoms with Crippen LogP contribution in [0.3, 0.4) is 0 Å². The molecule has 2 aromatic rings. The summed E-state index contributed by atoms with van der Waals surface area (Å²) in [5, 5.41) is -0.407. The Morgan fingerprint density at radius 3 is 1.19 bits per heavy atom. The maximum Gasteiger partial charge on any atom is 0.0790 e. The van der Waals surface area contributed by atoms with Crippen LogP contribution in [0.5, 0.6) is 0 Å². The van der Waals surface area contributed by atoms with Gasteiger partial charge in [-0.05, 0) is 11.1 Å². The molecule has 0 aliphatic rings. The van der Waals surface area contributed by atoms with Gasteiger partial charge in [0.25, 0.3) is 0 Å². The van der Waals surface area contributed by atoms with Crippen molar-refractivity contribution in [1.29, 1.82) is 0 Å². The van der Waals surface area contributed by atoms with Crippen LogP contribution in [0.2, 0.25) is 0 Å². The molecule has 2 rings (SSSR count). The van der Waals surface area contributed by atoms with E-state index in [1.165, 1.54) is 0 Å². The molecule has 0 aromatic heterocycles. The van der Waals surface area contributed by atoms with Crippen LogP contribution in [0.4, 0.5) is 0 Å². The third-order valence-electron chi connectivity index (χ3n) is 2.49. The highest BCUT2D eigenvalue weighted by molar-refractivity contribution is 6.30. The normalized spacial score (nSPS) is 14.4. The predicted octanol–water partition coefficient (Wildman–Crippen LogP) is 4.95. The molecule has 0 amide bonds. The topological polar surface area (TPSA) is 0 Å². The van der Waals surface area contributed by atoms with Crippen LogP contribution in [0.1, 0.15) is 21.9 Å². The molecule has 0 fully saturated rings. The van der Waals surface area contributed by atoms with Gasteiger partial charge < -0.3 is 0 Å². The maximum atomic E-state index is 6.36. The second-order valence-corrected chi connectivity index (χ2v) is 4.57. The van der Waals surface area contributed by atoms with Crippen molar-refractivity contribution in [2.75, 3.05) is 0 Å². The first-order chi connectivity index (χ1) is 7.79. The second kappa shape index (κ2) is 5.38. The summed E-state index contributed by atoms with van der Waals surface area (Å²) in [6, 6.07) is 19.8. The van der Waals surface area contributed by atoms with E-state index in [9.17, 15) is 0 Å². The monoisotopic (exact) mass is 250 g/mol. The van der Waals surface area contributed by atoms with Crippen molar-refractivity contribution >= 4 is 23.2 Å². The highest BCUT2D eigenvalue weighted by Crippen LogP contribution is 2.38. The van der Waals surface area contributed by atoms with Crippen LogP contribution in [0.15, 0.2) is 60.7 Å². The number of halogens is 2. The zero-order valence-electron chi connectivity index (χ0n) is 8.68. The smallest absolute Gasteiger partial charge is 0.0790 e. The van der Waals surface area contributed by atoms with E-state index in [0.717, 1.165) is 11.1 Å². The SMILES string of the molecule is Cl[C@@H](c1ccccc1)[C@@H](Cl)c1ccccc1. The Hall–Kier alpha value is -0.980. The molecule has 16 heavy (non-hydrogen) atoms. The highest BCUT2D eigenvalue weighted by atomic mass is 35.5. The van der Waals surface area contributed by atoms with Gasteiger partial charge in [-0.1, -0.05) is 60.7 Å². The Labute approximate surface area is 106 Å². The third kappa shape index (κ3) is 2.58. The summed E-state index contributed by atoms with van der Waals surface area (Å²) in [6.07, 6.45) is 0. The van der Waals surface area contributed by atoms with Gasteiger partial charge >= 0.3 is 0 Å². The summed E-state index contributed by atoms with van der Waals surface area (Å²) in [7, 11) is 0. The molecule has 0 aliphatic heterocycles. The summed E-state index contributed by atoms with van der Waals surface area (Å²) < 4.78 is 0. The molecule has 0 spiro atoms. The molecule has 0 aliphatic carbocycles. The van der Waals surface area contributed by atoms with Gasteiger partial charge in [0.2, 0.25) is 0 Å². The molecule has 0 heterocycles. The van der Waals surface area contributed by atoms with Gasteiger partial charge in [0, 0.05) is 0 Å². The van der Waals surface area contributed by atoms with Crippen molar-refractivity contribution in [1.82, 2.24) is 0 Å². The Balaban J connectivity index is 2.20. The molecular formula is C14H12Cl2. The van der Waals surface area contributed by atoms with E-state index in [-0.39, 0.29) is 10.8 Å². The van der Waals surface area contributed by atoms with Gasteiger partial charge in [-0.15, -0.1) is 23.2 Å². The summed E-state index contributed by atoms with van der Waals surface area (Å²) in [6.45, 7) is 0. The van der Waals surface area contributed by atoms with Gasteiger partial charge in [-0.3, -0.25) is 0 Å². The molecule has 0 radical (unpaired) electrons. The fourth-order valence-corrected chi connectivity index (χ4v) is 2.19. The van der Waals surface area contributed by atoms with Crippen molar-refractivity contribution in [3.63, 3.8) is 0 Å². The summed E-state index contributed by atoms with van der Waals surface area (Å²) in [5.74, 6) is 0. The summed E-state index contributed by atoms with van der Waals surface area (Å²) in [5.41, 5.74) is 2.10. The van der Waals surface area contributed by atoms with Crippen molar-refractivity contribution in [2.45, 2.75) is 10.8 Å². The van der Waals surface area contributed by atoms with Gasteiger partial charge in [0.05, 0.1) is 10.8 Å². The van der Waals surface area contributed by atoms with E-state index >= 15 is 0 Å². The average Bonchev–Trinajstić information content (AvgIpc) is 2.39. The van der Waals surface area contributed by atoms with E-state index < -0.39 is 0 Å². The molecule has 2 aromatic carbocycles. The molecule has 0 unspecified atom stereocenters. The van der Waals surface area contributed by atoms with Gasteiger partial charge in [0.1, 0.15) is 0 Å². The summed E-state index contributed by atoms with van der Waals surface area (Å²) >= 11 is 12.7.